The average Bonchev–Trinajstić information content (AvgIpc) is 2.72. The van der Waals surface area contributed by atoms with E-state index in [0.717, 1.165) is 6.04 Å². The molecule has 3 unspecified atom stereocenters. The molecule has 1 saturated heterocycles. The number of thioether (sulfide) groups is 1. The lowest BCUT2D eigenvalue weighted by Gasteiger charge is -2.32. The van der Waals surface area contributed by atoms with Crippen molar-refractivity contribution in [1.82, 2.24) is 4.90 Å². The number of likely N-dealkylation sites (N-methyl/N-ethyl adjacent to an activating group) is 1. The summed E-state index contributed by atoms with van der Waals surface area (Å²) in [5, 5.41) is 0. The van der Waals surface area contributed by atoms with Gasteiger partial charge in [-0.1, -0.05) is 6.42 Å². The van der Waals surface area contributed by atoms with Gasteiger partial charge in [-0.15, -0.1) is 0 Å². The Morgan fingerprint density at radius 3 is 2.69 bits per heavy atom. The Balaban J connectivity index is 1.91. The molecule has 2 rings (SSSR count). The topological polar surface area (TPSA) is 29.3 Å². The van der Waals surface area contributed by atoms with Crippen molar-refractivity contribution >= 4 is 11.8 Å². The Morgan fingerprint density at radius 1 is 1.31 bits per heavy atom. The molecule has 0 bridgehead atoms. The van der Waals surface area contributed by atoms with Crippen molar-refractivity contribution in [1.29, 1.82) is 0 Å². The summed E-state index contributed by atoms with van der Waals surface area (Å²) < 4.78 is 0. The van der Waals surface area contributed by atoms with Gasteiger partial charge < -0.3 is 5.73 Å². The molecule has 2 N–H and O–H groups in total. The van der Waals surface area contributed by atoms with E-state index in [1.165, 1.54) is 37.2 Å². The van der Waals surface area contributed by atoms with Crippen LogP contribution in [0, 0.1) is 0 Å². The number of hydrogen-bond donors (Lipinski definition) is 1. The van der Waals surface area contributed by atoms with E-state index in [-0.39, 0.29) is 0 Å². The van der Waals surface area contributed by atoms with E-state index in [0.29, 0.717) is 12.1 Å². The number of nitrogens with two attached hydrogens (primary N) is 1. The predicted octanol–water partition coefficient (Wildman–Crippen LogP) is 1.30. The number of hydrogen-bond acceptors (Lipinski definition) is 3. The zero-order valence-corrected chi connectivity index (χ0v) is 9.22. The summed E-state index contributed by atoms with van der Waals surface area (Å²) in [6.45, 7) is 0. The van der Waals surface area contributed by atoms with Crippen molar-refractivity contribution in [2.24, 2.45) is 5.73 Å². The Kier molecular flexibility index (Phi) is 3.17. The van der Waals surface area contributed by atoms with Crippen LogP contribution in [-0.4, -0.2) is 41.6 Å². The highest BCUT2D eigenvalue weighted by atomic mass is 32.2. The first-order valence-corrected chi connectivity index (χ1v) is 6.50. The molecular weight excluding hydrogens is 180 g/mol. The first-order valence-electron chi connectivity index (χ1n) is 5.34. The molecule has 1 heterocycles. The van der Waals surface area contributed by atoms with Crippen LogP contribution >= 0.6 is 11.8 Å². The fourth-order valence-corrected chi connectivity index (χ4v) is 3.87. The lowest BCUT2D eigenvalue weighted by molar-refractivity contribution is 0.177. The molecule has 3 atom stereocenters. The molecule has 2 fully saturated rings. The minimum atomic E-state index is 0.440. The quantitative estimate of drug-likeness (QED) is 0.728. The Labute approximate surface area is 85.2 Å². The second-order valence-electron chi connectivity index (χ2n) is 4.34. The minimum absolute atomic E-state index is 0.440. The molecule has 0 radical (unpaired) electrons. The van der Waals surface area contributed by atoms with Gasteiger partial charge in [-0.2, -0.15) is 11.8 Å². The van der Waals surface area contributed by atoms with Gasteiger partial charge in [0.15, 0.2) is 0 Å². The molecular formula is C10H20N2S. The molecule has 2 aliphatic rings. The molecule has 1 aliphatic heterocycles. The van der Waals surface area contributed by atoms with Crippen molar-refractivity contribution < 1.29 is 0 Å². The maximum absolute atomic E-state index is 6.10. The van der Waals surface area contributed by atoms with Gasteiger partial charge in [-0.05, 0) is 32.1 Å². The van der Waals surface area contributed by atoms with Crippen molar-refractivity contribution in [2.45, 2.75) is 43.8 Å². The van der Waals surface area contributed by atoms with Crippen molar-refractivity contribution in [2.75, 3.05) is 18.6 Å². The number of nitrogens with zero attached hydrogens (tertiary/aromatic N) is 1. The Morgan fingerprint density at radius 2 is 2.15 bits per heavy atom. The summed E-state index contributed by atoms with van der Waals surface area (Å²) >= 11 is 2.09. The first-order chi connectivity index (χ1) is 6.29. The molecule has 0 aromatic rings. The van der Waals surface area contributed by atoms with Crippen LogP contribution in [0.2, 0.25) is 0 Å². The molecule has 13 heavy (non-hydrogen) atoms. The Bertz CT molecular complexity index is 168. The van der Waals surface area contributed by atoms with Crippen molar-refractivity contribution in [3.63, 3.8) is 0 Å². The van der Waals surface area contributed by atoms with E-state index in [9.17, 15) is 0 Å². The molecule has 0 aromatic heterocycles. The summed E-state index contributed by atoms with van der Waals surface area (Å²) in [6.07, 6.45) is 5.24. The molecule has 0 amide bonds. The third kappa shape index (κ3) is 2.03. The third-order valence-electron chi connectivity index (χ3n) is 3.54. The molecule has 1 aliphatic carbocycles. The van der Waals surface area contributed by atoms with Gasteiger partial charge in [0, 0.05) is 23.9 Å². The van der Waals surface area contributed by atoms with E-state index >= 15 is 0 Å². The average molecular weight is 200 g/mol. The van der Waals surface area contributed by atoms with Gasteiger partial charge in [0.25, 0.3) is 0 Å². The second-order valence-corrected chi connectivity index (χ2v) is 5.49. The van der Waals surface area contributed by atoms with Crippen LogP contribution in [0.3, 0.4) is 0 Å². The predicted molar refractivity (Wildman–Crippen MR) is 59.1 cm³/mol. The highest BCUT2D eigenvalue weighted by Gasteiger charge is 2.32. The van der Waals surface area contributed by atoms with Crippen molar-refractivity contribution in [3.8, 4) is 0 Å². The van der Waals surface area contributed by atoms with Crippen LogP contribution in [-0.2, 0) is 0 Å². The molecule has 0 spiro atoms. The monoisotopic (exact) mass is 200 g/mol. The normalized spacial score (nSPS) is 40.4. The maximum atomic E-state index is 6.10. The lowest BCUT2D eigenvalue weighted by atomic mass is 10.1. The van der Waals surface area contributed by atoms with Gasteiger partial charge in [0.1, 0.15) is 0 Å². The van der Waals surface area contributed by atoms with Crippen LogP contribution in [0.4, 0.5) is 0 Å². The SMILES string of the molecule is CN(C1CCSC1)C1CCCC1N. The molecule has 76 valence electrons. The zero-order chi connectivity index (χ0) is 9.26. The first kappa shape index (κ1) is 9.81. The second kappa shape index (κ2) is 4.20. The summed E-state index contributed by atoms with van der Waals surface area (Å²) in [6, 6.07) is 1.92. The van der Waals surface area contributed by atoms with Crippen molar-refractivity contribution in [3.05, 3.63) is 0 Å². The zero-order valence-electron chi connectivity index (χ0n) is 8.41. The highest BCUT2D eigenvalue weighted by Crippen LogP contribution is 2.28. The summed E-state index contributed by atoms with van der Waals surface area (Å²) in [4.78, 5) is 2.55. The van der Waals surface area contributed by atoms with Gasteiger partial charge in [0.05, 0.1) is 0 Å². The Hall–Kier alpha value is 0.270. The van der Waals surface area contributed by atoms with Crippen LogP contribution in [0.1, 0.15) is 25.7 Å². The smallest absolute Gasteiger partial charge is 0.0247 e. The van der Waals surface area contributed by atoms with Crippen LogP contribution in [0.5, 0.6) is 0 Å². The number of rotatable bonds is 2. The van der Waals surface area contributed by atoms with Crippen LogP contribution in [0.15, 0.2) is 0 Å². The molecule has 1 saturated carbocycles. The van der Waals surface area contributed by atoms with Crippen LogP contribution in [0.25, 0.3) is 0 Å². The highest BCUT2D eigenvalue weighted by molar-refractivity contribution is 7.99. The van der Waals surface area contributed by atoms with Gasteiger partial charge in [0.2, 0.25) is 0 Å². The lowest BCUT2D eigenvalue weighted by Crippen LogP contribution is -2.47. The summed E-state index contributed by atoms with van der Waals surface area (Å²) in [5.74, 6) is 2.66. The standard InChI is InChI=1S/C10H20N2S/c1-12(8-5-6-13-7-8)10-4-2-3-9(10)11/h8-10H,2-7,11H2,1H3. The fraction of sp³-hybridized carbons (Fsp3) is 1.00. The minimum Gasteiger partial charge on any atom is -0.326 e. The third-order valence-corrected chi connectivity index (χ3v) is 4.68. The van der Waals surface area contributed by atoms with Gasteiger partial charge in [-0.3, -0.25) is 4.90 Å². The largest absolute Gasteiger partial charge is 0.326 e. The molecule has 2 nitrogen and oxygen atoms in total. The summed E-state index contributed by atoms with van der Waals surface area (Å²) in [7, 11) is 2.27. The van der Waals surface area contributed by atoms with E-state index in [1.807, 2.05) is 0 Å². The van der Waals surface area contributed by atoms with Crippen LogP contribution < -0.4 is 5.73 Å². The maximum Gasteiger partial charge on any atom is 0.0247 e. The summed E-state index contributed by atoms with van der Waals surface area (Å²) in [5.41, 5.74) is 6.10. The van der Waals surface area contributed by atoms with Gasteiger partial charge >= 0.3 is 0 Å². The molecule has 3 heteroatoms. The van der Waals surface area contributed by atoms with E-state index < -0.39 is 0 Å². The van der Waals surface area contributed by atoms with E-state index in [2.05, 4.69) is 23.7 Å². The van der Waals surface area contributed by atoms with E-state index in [4.69, 9.17) is 5.73 Å². The van der Waals surface area contributed by atoms with E-state index in [1.54, 1.807) is 0 Å². The molecule has 0 aromatic carbocycles. The fourth-order valence-electron chi connectivity index (χ4n) is 2.59. The van der Waals surface area contributed by atoms with Gasteiger partial charge in [-0.25, -0.2) is 0 Å².